The third kappa shape index (κ3) is 4.82. The fourth-order valence-electron chi connectivity index (χ4n) is 3.48. The molecule has 0 fully saturated rings. The van der Waals surface area contributed by atoms with Crippen LogP contribution in [0.15, 0.2) is 18.2 Å². The summed E-state index contributed by atoms with van der Waals surface area (Å²) in [6.07, 6.45) is 2.96. The van der Waals surface area contributed by atoms with E-state index in [9.17, 15) is 4.79 Å². The summed E-state index contributed by atoms with van der Waals surface area (Å²) in [5.74, 6) is 1.65. The fraction of sp³-hybridized carbons (Fsp3) is 0.429. The lowest BCUT2D eigenvalue weighted by Crippen LogP contribution is -2.28. The highest BCUT2D eigenvalue weighted by Crippen LogP contribution is 2.40. The molecular formula is C21H26N2O4S2. The Morgan fingerprint density at radius 1 is 1.24 bits per heavy atom. The second-order valence-corrected chi connectivity index (χ2v) is 8.56. The number of nitrogens with one attached hydrogen (secondary N) is 2. The maximum Gasteiger partial charge on any atom is 0.341 e. The zero-order chi connectivity index (χ0) is 21.0. The molecule has 1 heterocycles. The Morgan fingerprint density at radius 2 is 2.00 bits per heavy atom. The lowest BCUT2D eigenvalue weighted by molar-refractivity contribution is 0.0601. The first kappa shape index (κ1) is 21.4. The van der Waals surface area contributed by atoms with Gasteiger partial charge in [0.05, 0.1) is 26.9 Å². The van der Waals surface area contributed by atoms with E-state index in [-0.39, 0.29) is 5.97 Å². The lowest BCUT2D eigenvalue weighted by Gasteiger charge is -2.18. The summed E-state index contributed by atoms with van der Waals surface area (Å²) >= 11 is 7.06. The molecule has 0 radical (unpaired) electrons. The van der Waals surface area contributed by atoms with Crippen LogP contribution in [0.2, 0.25) is 0 Å². The van der Waals surface area contributed by atoms with E-state index in [1.807, 2.05) is 18.2 Å². The minimum Gasteiger partial charge on any atom is -0.493 e. The molecule has 156 valence electrons. The molecule has 1 aliphatic rings. The van der Waals surface area contributed by atoms with Gasteiger partial charge in [0, 0.05) is 11.4 Å². The van der Waals surface area contributed by atoms with Crippen molar-refractivity contribution in [2.45, 2.75) is 32.7 Å². The molecule has 8 heteroatoms. The summed E-state index contributed by atoms with van der Waals surface area (Å²) in [5, 5.41) is 7.60. The summed E-state index contributed by atoms with van der Waals surface area (Å²) in [5.41, 5.74) is 2.72. The number of rotatable bonds is 6. The molecular weight excluding hydrogens is 408 g/mol. The van der Waals surface area contributed by atoms with Crippen molar-refractivity contribution in [3.8, 4) is 11.5 Å². The Labute approximate surface area is 180 Å². The van der Waals surface area contributed by atoms with Gasteiger partial charge in [-0.05, 0) is 60.7 Å². The van der Waals surface area contributed by atoms with E-state index < -0.39 is 0 Å². The Hall–Kier alpha value is -2.32. The van der Waals surface area contributed by atoms with E-state index in [0.29, 0.717) is 34.6 Å². The number of thiocarbonyl (C=S) groups is 1. The molecule has 0 aliphatic heterocycles. The van der Waals surface area contributed by atoms with Crippen molar-refractivity contribution < 1.29 is 19.0 Å². The molecule has 2 N–H and O–H groups in total. The molecule has 0 saturated heterocycles. The van der Waals surface area contributed by atoms with E-state index in [1.54, 1.807) is 25.6 Å². The van der Waals surface area contributed by atoms with Gasteiger partial charge in [0.2, 0.25) is 0 Å². The number of thiophene rings is 1. The maximum absolute atomic E-state index is 12.4. The van der Waals surface area contributed by atoms with Crippen molar-refractivity contribution in [1.29, 1.82) is 0 Å². The van der Waals surface area contributed by atoms with Crippen LogP contribution < -0.4 is 20.1 Å². The molecule has 3 rings (SSSR count). The van der Waals surface area contributed by atoms with Gasteiger partial charge in [-0.2, -0.15) is 0 Å². The molecule has 1 unspecified atom stereocenters. The summed E-state index contributed by atoms with van der Waals surface area (Å²) in [4.78, 5) is 13.6. The molecule has 0 amide bonds. The van der Waals surface area contributed by atoms with Gasteiger partial charge >= 0.3 is 5.97 Å². The van der Waals surface area contributed by atoms with E-state index in [4.69, 9.17) is 26.4 Å². The van der Waals surface area contributed by atoms with Gasteiger partial charge < -0.3 is 24.8 Å². The Morgan fingerprint density at radius 3 is 2.69 bits per heavy atom. The number of ether oxygens (including phenoxy) is 3. The van der Waals surface area contributed by atoms with Crippen LogP contribution in [0.1, 0.15) is 39.7 Å². The lowest BCUT2D eigenvalue weighted by atomic mass is 9.88. The molecule has 0 saturated carbocycles. The van der Waals surface area contributed by atoms with Crippen LogP contribution >= 0.6 is 23.6 Å². The zero-order valence-electron chi connectivity index (χ0n) is 17.1. The van der Waals surface area contributed by atoms with Crippen LogP contribution in [0.25, 0.3) is 0 Å². The summed E-state index contributed by atoms with van der Waals surface area (Å²) < 4.78 is 15.6. The molecule has 1 aromatic carbocycles. The predicted octanol–water partition coefficient (Wildman–Crippen LogP) is 4.16. The van der Waals surface area contributed by atoms with Gasteiger partial charge in [-0.1, -0.05) is 13.0 Å². The Balaban J connectivity index is 1.71. The van der Waals surface area contributed by atoms with Gasteiger partial charge in [0.1, 0.15) is 5.00 Å². The highest BCUT2D eigenvalue weighted by molar-refractivity contribution is 7.80. The summed E-state index contributed by atoms with van der Waals surface area (Å²) in [7, 11) is 4.62. The number of carbonyl (C=O) groups excluding carboxylic acids is 1. The molecule has 1 atom stereocenters. The van der Waals surface area contributed by atoms with Gasteiger partial charge in [-0.15, -0.1) is 11.3 Å². The molecule has 1 aliphatic carbocycles. The maximum atomic E-state index is 12.4. The molecule has 1 aromatic heterocycles. The first-order valence-corrected chi connectivity index (χ1v) is 10.7. The van der Waals surface area contributed by atoms with E-state index in [2.05, 4.69) is 17.6 Å². The van der Waals surface area contributed by atoms with Crippen molar-refractivity contribution in [2.24, 2.45) is 5.92 Å². The van der Waals surface area contributed by atoms with Crippen molar-refractivity contribution in [2.75, 3.05) is 26.6 Å². The van der Waals surface area contributed by atoms with Crippen molar-refractivity contribution in [1.82, 2.24) is 5.32 Å². The van der Waals surface area contributed by atoms with Gasteiger partial charge in [-0.25, -0.2) is 4.79 Å². The number of carbonyl (C=O) groups is 1. The predicted molar refractivity (Wildman–Crippen MR) is 119 cm³/mol. The molecule has 2 aromatic rings. The number of benzene rings is 1. The minimum absolute atomic E-state index is 0.317. The Kier molecular flexibility index (Phi) is 6.97. The highest BCUT2D eigenvalue weighted by Gasteiger charge is 2.28. The highest BCUT2D eigenvalue weighted by atomic mass is 32.1. The third-order valence-electron chi connectivity index (χ3n) is 5.03. The minimum atomic E-state index is -0.317. The number of esters is 1. The van der Waals surface area contributed by atoms with Crippen LogP contribution in [-0.2, 0) is 24.1 Å². The zero-order valence-corrected chi connectivity index (χ0v) is 18.7. The molecule has 0 bridgehead atoms. The van der Waals surface area contributed by atoms with E-state index in [0.717, 1.165) is 35.4 Å². The van der Waals surface area contributed by atoms with Crippen LogP contribution in [0, 0.1) is 5.92 Å². The van der Waals surface area contributed by atoms with Gasteiger partial charge in [-0.3, -0.25) is 0 Å². The quantitative estimate of drug-likeness (QED) is 0.522. The molecule has 6 nitrogen and oxygen atoms in total. The van der Waals surface area contributed by atoms with Crippen LogP contribution in [0.5, 0.6) is 11.5 Å². The first-order chi connectivity index (χ1) is 14.0. The Bertz CT molecular complexity index is 910. The van der Waals surface area contributed by atoms with Crippen molar-refractivity contribution in [3.05, 3.63) is 39.8 Å². The van der Waals surface area contributed by atoms with Crippen molar-refractivity contribution >= 4 is 39.6 Å². The monoisotopic (exact) mass is 434 g/mol. The second kappa shape index (κ2) is 9.45. The molecule has 0 spiro atoms. The second-order valence-electron chi connectivity index (χ2n) is 7.04. The summed E-state index contributed by atoms with van der Waals surface area (Å²) in [6.45, 7) is 2.75. The standard InChI is InChI=1S/C21H26N2O4S2/c1-12-5-7-14-17(9-12)29-19(18(14)20(24)27-4)23-21(28)22-11-13-6-8-15(25-2)16(10-13)26-3/h6,8,10,12H,5,7,9,11H2,1-4H3,(H2,22,23,28). The molecule has 29 heavy (non-hydrogen) atoms. The van der Waals surface area contributed by atoms with Crippen LogP contribution in [0.3, 0.4) is 0 Å². The first-order valence-electron chi connectivity index (χ1n) is 9.45. The van der Waals surface area contributed by atoms with Gasteiger partial charge in [0.15, 0.2) is 16.6 Å². The number of fused-ring (bicyclic) bond motifs is 1. The van der Waals surface area contributed by atoms with Crippen molar-refractivity contribution in [3.63, 3.8) is 0 Å². The normalized spacial score (nSPS) is 15.2. The number of methoxy groups -OCH3 is 3. The average molecular weight is 435 g/mol. The number of hydrogen-bond donors (Lipinski definition) is 2. The number of anilines is 1. The van der Waals surface area contributed by atoms with E-state index in [1.165, 1.54) is 12.0 Å². The van der Waals surface area contributed by atoms with Gasteiger partial charge in [0.25, 0.3) is 0 Å². The van der Waals surface area contributed by atoms with Crippen LogP contribution in [-0.4, -0.2) is 32.4 Å². The third-order valence-corrected chi connectivity index (χ3v) is 6.45. The number of hydrogen-bond acceptors (Lipinski definition) is 6. The fourth-order valence-corrected chi connectivity index (χ4v) is 5.12. The average Bonchev–Trinajstić information content (AvgIpc) is 3.07. The largest absolute Gasteiger partial charge is 0.493 e. The summed E-state index contributed by atoms with van der Waals surface area (Å²) in [6, 6.07) is 5.71. The van der Waals surface area contributed by atoms with Crippen LogP contribution in [0.4, 0.5) is 5.00 Å². The SMILES string of the molecule is COC(=O)c1c(NC(=S)NCc2ccc(OC)c(OC)c2)sc2c1CCC(C)C2. The topological polar surface area (TPSA) is 68.8 Å². The van der Waals surface area contributed by atoms with E-state index >= 15 is 0 Å². The smallest absolute Gasteiger partial charge is 0.341 e.